The molecule has 0 saturated heterocycles. The number of nitrogens with two attached hydrogens (primary N) is 1. The summed E-state index contributed by atoms with van der Waals surface area (Å²) in [5, 5.41) is 0. The van der Waals surface area contributed by atoms with Crippen LogP contribution in [0.4, 0.5) is 27.8 Å². The van der Waals surface area contributed by atoms with Gasteiger partial charge >= 0.3 is 6.18 Å². The number of nitrogens with zero attached hydrogens (tertiary/aromatic N) is 1. The van der Waals surface area contributed by atoms with E-state index in [4.69, 9.17) is 5.73 Å². The minimum absolute atomic E-state index is 0.328. The maximum Gasteiger partial charge on any atom is 0.418 e. The lowest BCUT2D eigenvalue weighted by molar-refractivity contribution is -0.138. The molecule has 1 rings (SSSR count). The van der Waals surface area contributed by atoms with Gasteiger partial charge in [-0.25, -0.2) is 13.8 Å². The van der Waals surface area contributed by atoms with E-state index in [9.17, 15) is 22.0 Å². The van der Waals surface area contributed by atoms with E-state index in [-0.39, 0.29) is 0 Å². The summed E-state index contributed by atoms with van der Waals surface area (Å²) in [6.07, 6.45) is -7.78. The summed E-state index contributed by atoms with van der Waals surface area (Å²) in [5.74, 6) is -0.581. The standard InChI is InChI=1S/C7H4F5IN2/c8-4(9)2-1-3(7(10,11)12)5(13)15-6(2)14/h1,4H,(H2,14,15). The van der Waals surface area contributed by atoms with E-state index in [1.807, 2.05) is 0 Å². The molecule has 0 bridgehead atoms. The Morgan fingerprint density at radius 3 is 2.27 bits per heavy atom. The van der Waals surface area contributed by atoms with Crippen molar-refractivity contribution in [2.75, 3.05) is 5.73 Å². The van der Waals surface area contributed by atoms with E-state index < -0.39 is 33.2 Å². The fraction of sp³-hybridized carbons (Fsp3) is 0.286. The second-order valence-electron chi connectivity index (χ2n) is 2.60. The normalized spacial score (nSPS) is 12.2. The van der Waals surface area contributed by atoms with Gasteiger partial charge in [-0.15, -0.1) is 0 Å². The molecule has 0 aliphatic heterocycles. The molecule has 0 amide bonds. The number of alkyl halides is 5. The van der Waals surface area contributed by atoms with Crippen molar-refractivity contribution in [3.8, 4) is 0 Å². The van der Waals surface area contributed by atoms with Gasteiger partial charge in [0.05, 0.1) is 11.1 Å². The van der Waals surface area contributed by atoms with Crippen LogP contribution in [0.5, 0.6) is 0 Å². The van der Waals surface area contributed by atoms with Crippen molar-refractivity contribution in [3.05, 3.63) is 20.9 Å². The highest BCUT2D eigenvalue weighted by atomic mass is 127. The van der Waals surface area contributed by atoms with Crippen molar-refractivity contribution in [2.45, 2.75) is 12.6 Å². The van der Waals surface area contributed by atoms with Gasteiger partial charge in [0.2, 0.25) is 0 Å². The molecule has 0 radical (unpaired) electrons. The highest BCUT2D eigenvalue weighted by molar-refractivity contribution is 14.1. The summed E-state index contributed by atoms with van der Waals surface area (Å²) in [4.78, 5) is 3.23. The second kappa shape index (κ2) is 4.06. The van der Waals surface area contributed by atoms with Gasteiger partial charge in [-0.1, -0.05) is 0 Å². The van der Waals surface area contributed by atoms with Crippen LogP contribution >= 0.6 is 22.6 Å². The number of halogens is 6. The average Bonchev–Trinajstić information content (AvgIpc) is 2.00. The molecule has 0 spiro atoms. The van der Waals surface area contributed by atoms with Crippen molar-refractivity contribution in [1.82, 2.24) is 4.98 Å². The second-order valence-corrected chi connectivity index (χ2v) is 3.62. The van der Waals surface area contributed by atoms with Crippen molar-refractivity contribution in [1.29, 1.82) is 0 Å². The number of pyridine rings is 1. The van der Waals surface area contributed by atoms with Gasteiger partial charge in [0.1, 0.15) is 9.52 Å². The summed E-state index contributed by atoms with van der Waals surface area (Å²) in [6.45, 7) is 0. The van der Waals surface area contributed by atoms with Crippen LogP contribution < -0.4 is 5.73 Å². The molecule has 84 valence electrons. The topological polar surface area (TPSA) is 38.9 Å². The first kappa shape index (κ1) is 12.4. The number of aromatic nitrogens is 1. The summed E-state index contributed by atoms with van der Waals surface area (Å²) in [6, 6.07) is 0.328. The van der Waals surface area contributed by atoms with Crippen molar-refractivity contribution in [2.24, 2.45) is 0 Å². The minimum atomic E-state index is -4.71. The molecular formula is C7H4F5IN2. The van der Waals surface area contributed by atoms with E-state index in [0.717, 1.165) is 0 Å². The Morgan fingerprint density at radius 2 is 1.87 bits per heavy atom. The van der Waals surface area contributed by atoms with Crippen molar-refractivity contribution < 1.29 is 22.0 Å². The van der Waals surface area contributed by atoms with Crippen LogP contribution in [-0.4, -0.2) is 4.98 Å². The van der Waals surface area contributed by atoms with E-state index in [0.29, 0.717) is 6.07 Å². The largest absolute Gasteiger partial charge is 0.418 e. The Kier molecular flexibility index (Phi) is 3.36. The molecule has 0 aromatic carbocycles. The Bertz CT molecular complexity index is 376. The first-order chi connectivity index (χ1) is 6.73. The van der Waals surface area contributed by atoms with E-state index in [1.165, 1.54) is 22.6 Å². The summed E-state index contributed by atoms with van der Waals surface area (Å²) in [7, 11) is 0. The van der Waals surface area contributed by atoms with Crippen LogP contribution in [0, 0.1) is 3.70 Å². The first-order valence-electron chi connectivity index (χ1n) is 3.54. The van der Waals surface area contributed by atoms with Crippen molar-refractivity contribution >= 4 is 28.4 Å². The number of anilines is 1. The van der Waals surface area contributed by atoms with Gasteiger partial charge in [0.25, 0.3) is 6.43 Å². The van der Waals surface area contributed by atoms with Crippen LogP contribution in [0.1, 0.15) is 17.6 Å². The van der Waals surface area contributed by atoms with Gasteiger partial charge in [0.15, 0.2) is 0 Å². The monoisotopic (exact) mass is 338 g/mol. The zero-order chi connectivity index (χ0) is 11.8. The molecule has 8 heteroatoms. The lowest BCUT2D eigenvalue weighted by atomic mass is 10.2. The number of hydrogen-bond donors (Lipinski definition) is 1. The predicted molar refractivity (Wildman–Crippen MR) is 51.3 cm³/mol. The van der Waals surface area contributed by atoms with Crippen LogP contribution in [0.25, 0.3) is 0 Å². The third-order valence-electron chi connectivity index (χ3n) is 1.58. The fourth-order valence-electron chi connectivity index (χ4n) is 0.893. The molecule has 0 fully saturated rings. The van der Waals surface area contributed by atoms with Gasteiger partial charge in [-0.3, -0.25) is 0 Å². The molecular weight excluding hydrogens is 334 g/mol. The number of hydrogen-bond acceptors (Lipinski definition) is 2. The number of rotatable bonds is 1. The van der Waals surface area contributed by atoms with Gasteiger partial charge < -0.3 is 5.73 Å². The molecule has 15 heavy (non-hydrogen) atoms. The molecule has 2 N–H and O–H groups in total. The van der Waals surface area contributed by atoms with E-state index in [1.54, 1.807) is 0 Å². The van der Waals surface area contributed by atoms with Gasteiger partial charge in [0, 0.05) is 0 Å². The molecule has 2 nitrogen and oxygen atoms in total. The quantitative estimate of drug-likeness (QED) is 0.485. The predicted octanol–water partition coefficient (Wildman–Crippen LogP) is 3.22. The summed E-state index contributed by atoms with van der Waals surface area (Å²) in [5.41, 5.74) is 2.97. The lowest BCUT2D eigenvalue weighted by Crippen LogP contribution is -2.12. The molecule has 0 atom stereocenters. The Balaban J connectivity index is 3.37. The minimum Gasteiger partial charge on any atom is -0.383 e. The van der Waals surface area contributed by atoms with Crippen LogP contribution in [0.15, 0.2) is 6.07 Å². The average molecular weight is 338 g/mol. The molecule has 0 unspecified atom stereocenters. The summed E-state index contributed by atoms with van der Waals surface area (Å²) < 4.78 is 60.9. The molecule has 0 aliphatic carbocycles. The molecule has 1 heterocycles. The highest BCUT2D eigenvalue weighted by Crippen LogP contribution is 2.36. The summed E-state index contributed by atoms with van der Waals surface area (Å²) >= 11 is 1.30. The fourth-order valence-corrected chi connectivity index (χ4v) is 1.61. The molecule has 0 aliphatic rings. The third-order valence-corrected chi connectivity index (χ3v) is 2.40. The van der Waals surface area contributed by atoms with Gasteiger partial charge in [-0.2, -0.15) is 13.2 Å². The van der Waals surface area contributed by atoms with Crippen LogP contribution in [0.3, 0.4) is 0 Å². The Labute approximate surface area is 94.8 Å². The Hall–Kier alpha value is -0.670. The maximum atomic E-state index is 12.3. The third kappa shape index (κ3) is 2.67. The van der Waals surface area contributed by atoms with E-state index >= 15 is 0 Å². The highest BCUT2D eigenvalue weighted by Gasteiger charge is 2.35. The van der Waals surface area contributed by atoms with E-state index in [2.05, 4.69) is 4.98 Å². The molecule has 1 aromatic heterocycles. The molecule has 1 aromatic rings. The van der Waals surface area contributed by atoms with Crippen LogP contribution in [0.2, 0.25) is 0 Å². The van der Waals surface area contributed by atoms with Gasteiger partial charge in [-0.05, 0) is 28.7 Å². The smallest absolute Gasteiger partial charge is 0.383 e. The molecule has 0 saturated carbocycles. The zero-order valence-electron chi connectivity index (χ0n) is 6.95. The SMILES string of the molecule is Nc1nc(I)c(C(F)(F)F)cc1C(F)F. The first-order valence-corrected chi connectivity index (χ1v) is 4.62. The van der Waals surface area contributed by atoms with Crippen molar-refractivity contribution in [3.63, 3.8) is 0 Å². The lowest BCUT2D eigenvalue weighted by Gasteiger charge is -2.11. The Morgan fingerprint density at radius 1 is 1.33 bits per heavy atom. The number of nitrogen functional groups attached to an aromatic ring is 1. The van der Waals surface area contributed by atoms with Crippen LogP contribution in [-0.2, 0) is 6.18 Å². The zero-order valence-corrected chi connectivity index (χ0v) is 9.10. The maximum absolute atomic E-state index is 12.3.